The Morgan fingerprint density at radius 2 is 0.600 bits per heavy atom. The van der Waals surface area contributed by atoms with Gasteiger partial charge in [0.2, 0.25) is 0 Å². The number of phenols is 5. The summed E-state index contributed by atoms with van der Waals surface area (Å²) in [6.07, 6.45) is 11.5. The fourth-order valence-corrected chi connectivity index (χ4v) is 23.0. The van der Waals surface area contributed by atoms with E-state index in [1.54, 1.807) is 6.07 Å². The molecule has 2 saturated heterocycles. The minimum atomic E-state index is -0.140. The first-order valence-corrected chi connectivity index (χ1v) is 52.0. The quantitative estimate of drug-likeness (QED) is 0.0374. The van der Waals surface area contributed by atoms with Gasteiger partial charge in [-0.25, -0.2) is 0 Å². The summed E-state index contributed by atoms with van der Waals surface area (Å²) in [5.74, 6) is 2.02. The summed E-state index contributed by atoms with van der Waals surface area (Å²) < 4.78 is 0. The van der Waals surface area contributed by atoms with E-state index in [2.05, 4.69) is 298 Å². The van der Waals surface area contributed by atoms with Crippen molar-refractivity contribution in [2.45, 2.75) is 185 Å². The van der Waals surface area contributed by atoms with E-state index in [1.807, 2.05) is 163 Å². The van der Waals surface area contributed by atoms with E-state index in [0.29, 0.717) is 71.7 Å². The summed E-state index contributed by atoms with van der Waals surface area (Å²) in [5, 5.41) is 78.1. The second-order valence-electron chi connectivity index (χ2n) is 38.9. The van der Waals surface area contributed by atoms with Crippen LogP contribution in [-0.4, -0.2) is 112 Å². The van der Waals surface area contributed by atoms with Crippen LogP contribution in [0.5, 0.6) is 28.7 Å². The zero-order valence-electron chi connectivity index (χ0n) is 83.1. The number of hydrazone groups is 2. The van der Waals surface area contributed by atoms with Gasteiger partial charge < -0.3 is 25.5 Å². The van der Waals surface area contributed by atoms with Crippen molar-refractivity contribution in [3.63, 3.8) is 0 Å². The lowest BCUT2D eigenvalue weighted by Gasteiger charge is -2.28. The molecule has 0 spiro atoms. The standard InChI is InChI=1S/C29H36NOP.2C26H30NOP.C19H23N2OP.C18H21N2OP/c1-19-13-12-16-22(25(30-8)20-14-10-9-11-15-20)27(19)32-24-18-21(28(2,3)4)17-23(26(24)31)29(5,6)7;1-17-15-21(26(3,4)5)24(28)22(16-17)29-25-18(2)11-10-14-20(25)23(27-6)19-12-8-7-9-13-19;1-17-11-10-14-21(23(27-6)19-12-8-7-9-13-19)25(17)29-22-16-20(26(3,4)5)15-18(2)24(22)28;1-15-8-7-11-18(19(15)22)23-17-10-4-3-9-16(17)14-20-21-12-5-2-6-13-21;21-16-9-3-5-11-18(16)22-17-10-4-2-8-15(17)14-19-20-12-6-1-7-13-20/h9-18,31-32H,1-8H3;2*7-16,28-29H,1-6H3;3-4,7-11,14,22-23H,2,5-6,12-13H2,1H3;2-5,8-11,14,21-22H,1,6-7,12-13H2/b;;;20-14+;19-14+. The van der Waals surface area contributed by atoms with Gasteiger partial charge in [0, 0.05) is 129 Å². The Kier molecular flexibility index (Phi) is 37.6. The monoisotopic (exact) mass is 1890 g/mol. The summed E-state index contributed by atoms with van der Waals surface area (Å²) in [6, 6.07) is 93.0. The highest BCUT2D eigenvalue weighted by atomic mass is 31.1. The van der Waals surface area contributed by atoms with Gasteiger partial charge in [-0.15, -0.1) is 0 Å². The Bertz CT molecular complexity index is 6220. The first kappa shape index (κ1) is 104. The zero-order chi connectivity index (χ0) is 97.3. The summed E-state index contributed by atoms with van der Waals surface area (Å²) in [7, 11) is 7.45. The maximum absolute atomic E-state index is 11.3. The minimum Gasteiger partial charge on any atom is -0.507 e. The smallest absolute Gasteiger partial charge is 0.127 e. The topological polar surface area (TPSA) is 169 Å². The van der Waals surface area contributed by atoms with Crippen molar-refractivity contribution in [1.29, 1.82) is 0 Å². The van der Waals surface area contributed by atoms with Gasteiger partial charge in [-0.05, 0) is 197 Å². The SMILES string of the molecule is CN=C(c1ccccc1)c1cccc(C)c1Pc1cc(C(C)(C)C)cc(C(C)(C)C)c1O.CN=C(c1ccccc1)c1cccc(C)c1Pc1cc(C(C)(C)C)cc(C)c1O.CN=C(c1ccccc1)c1cccc(C)c1Pc1cc(C)cc(C(C)(C)C)c1O.Cc1cccc(Pc2ccccc2/C=N/N2CCCCC2)c1O.Oc1ccccc1Pc1ccccc1/C=N/N1CCCCC1. The molecule has 2 aliphatic heterocycles. The fourth-order valence-electron chi connectivity index (χ4n) is 16.3. The van der Waals surface area contributed by atoms with E-state index >= 15 is 0 Å². The Labute approximate surface area is 814 Å². The van der Waals surface area contributed by atoms with Gasteiger partial charge in [0.05, 0.1) is 29.6 Å². The van der Waals surface area contributed by atoms with Crippen LogP contribution in [0.4, 0.5) is 0 Å². The van der Waals surface area contributed by atoms with Gasteiger partial charge >= 0.3 is 0 Å². The van der Waals surface area contributed by atoms with Crippen molar-refractivity contribution in [2.24, 2.45) is 25.2 Å². The lowest BCUT2D eigenvalue weighted by Crippen LogP contribution is -2.24. The van der Waals surface area contributed by atoms with Crippen LogP contribution in [0.1, 0.15) is 222 Å². The molecule has 5 unspecified atom stereocenters. The third-order valence-electron chi connectivity index (χ3n) is 24.2. The van der Waals surface area contributed by atoms with Crippen molar-refractivity contribution in [3.05, 3.63) is 373 Å². The molecular formula is C118H140N7O5P5. The lowest BCUT2D eigenvalue weighted by molar-refractivity contribution is 0.240. The van der Waals surface area contributed by atoms with Crippen LogP contribution in [0.2, 0.25) is 0 Å². The van der Waals surface area contributed by atoms with E-state index in [-0.39, 0.29) is 21.7 Å². The molecule has 13 aromatic rings. The molecule has 2 heterocycles. The van der Waals surface area contributed by atoms with Crippen LogP contribution in [0.25, 0.3) is 0 Å². The predicted octanol–water partition coefficient (Wildman–Crippen LogP) is 23.2. The van der Waals surface area contributed by atoms with Crippen molar-refractivity contribution in [2.75, 3.05) is 47.3 Å². The molecule has 5 N–H and O–H groups in total. The van der Waals surface area contributed by atoms with Crippen molar-refractivity contribution in [1.82, 2.24) is 10.0 Å². The van der Waals surface area contributed by atoms with Gasteiger partial charge in [-0.1, -0.05) is 375 Å². The average molecular weight is 1890 g/mol. The molecular weight excluding hydrogens is 1750 g/mol. The molecule has 0 amide bonds. The molecule has 15 rings (SSSR count). The summed E-state index contributed by atoms with van der Waals surface area (Å²) in [6.45, 7) is 42.9. The summed E-state index contributed by atoms with van der Waals surface area (Å²) in [4.78, 5) is 13.9. The fraction of sp³-hybridized carbons (Fsp3) is 0.297. The number of piperidine rings is 2. The molecule has 0 saturated carbocycles. The third-order valence-corrected chi connectivity index (χ3v) is 31.7. The highest BCUT2D eigenvalue weighted by molar-refractivity contribution is 7.57. The van der Waals surface area contributed by atoms with Gasteiger partial charge in [0.15, 0.2) is 0 Å². The molecule has 0 aromatic heterocycles. The van der Waals surface area contributed by atoms with Crippen molar-refractivity contribution >= 4 is 126 Å². The van der Waals surface area contributed by atoms with Crippen LogP contribution in [0, 0.1) is 41.5 Å². The highest BCUT2D eigenvalue weighted by Crippen LogP contribution is 2.40. The number of hydrogen-bond acceptors (Lipinski definition) is 12. The largest absolute Gasteiger partial charge is 0.507 e. The maximum Gasteiger partial charge on any atom is 0.127 e. The molecule has 0 aliphatic carbocycles. The molecule has 17 heteroatoms. The number of nitrogens with zero attached hydrogens (tertiary/aromatic N) is 7. The highest BCUT2D eigenvalue weighted by Gasteiger charge is 2.29. The number of rotatable bonds is 20. The van der Waals surface area contributed by atoms with Crippen LogP contribution in [0.15, 0.2) is 298 Å². The second-order valence-corrected chi connectivity index (χ2v) is 45.5. The van der Waals surface area contributed by atoms with Gasteiger partial charge in [0.25, 0.3) is 0 Å². The van der Waals surface area contributed by atoms with Crippen LogP contribution >= 0.6 is 42.9 Å². The number of aromatic hydroxyl groups is 5. The van der Waals surface area contributed by atoms with Crippen LogP contribution in [-0.2, 0) is 21.7 Å². The Hall–Kier alpha value is -11.0. The van der Waals surface area contributed by atoms with E-state index in [1.165, 1.54) is 98.4 Å². The molecule has 702 valence electrons. The molecule has 2 fully saturated rings. The van der Waals surface area contributed by atoms with Crippen LogP contribution < -0.4 is 53.0 Å². The number of phenolic OH excluding ortho intramolecular Hbond substituents is 5. The molecule has 0 bridgehead atoms. The minimum absolute atomic E-state index is 0.00156. The maximum atomic E-state index is 11.3. The molecule has 135 heavy (non-hydrogen) atoms. The lowest BCUT2D eigenvalue weighted by atomic mass is 9.80. The normalized spacial score (nSPS) is 13.9. The first-order chi connectivity index (χ1) is 64.4. The number of aliphatic imine (C=N–C) groups is 3. The van der Waals surface area contributed by atoms with E-state index in [0.717, 1.165) is 137 Å². The molecule has 2 aliphatic rings. The number of aryl methyl sites for hydroxylation is 6. The Morgan fingerprint density at radius 3 is 0.985 bits per heavy atom. The number of benzene rings is 13. The number of hydrogen-bond donors (Lipinski definition) is 5. The predicted molar refractivity (Wildman–Crippen MR) is 594 cm³/mol. The summed E-state index contributed by atoms with van der Waals surface area (Å²) in [5.41, 5.74) is 22.9. The third kappa shape index (κ3) is 28.8. The second kappa shape index (κ2) is 48.6. The first-order valence-electron chi connectivity index (χ1n) is 47.0. The van der Waals surface area contributed by atoms with Gasteiger partial charge in [0.1, 0.15) is 28.7 Å². The van der Waals surface area contributed by atoms with E-state index in [4.69, 9.17) is 0 Å². The van der Waals surface area contributed by atoms with Gasteiger partial charge in [-0.2, -0.15) is 10.2 Å². The Morgan fingerprint density at radius 1 is 0.281 bits per heavy atom. The molecule has 13 aromatic carbocycles. The molecule has 0 radical (unpaired) electrons. The molecule has 5 atom stereocenters. The van der Waals surface area contributed by atoms with Gasteiger partial charge in [-0.3, -0.25) is 25.0 Å². The van der Waals surface area contributed by atoms with E-state index < -0.39 is 0 Å². The average Bonchev–Trinajstić information content (AvgIpc) is 0.769. The van der Waals surface area contributed by atoms with Crippen molar-refractivity contribution < 1.29 is 25.5 Å². The van der Waals surface area contributed by atoms with E-state index in [9.17, 15) is 25.5 Å². The zero-order valence-corrected chi connectivity index (χ0v) is 88.1. The number of para-hydroxylation sites is 2. The molecule has 12 nitrogen and oxygen atoms in total. The van der Waals surface area contributed by atoms with Crippen molar-refractivity contribution in [3.8, 4) is 28.7 Å². The Balaban J connectivity index is 0.000000163. The summed E-state index contributed by atoms with van der Waals surface area (Å²) >= 11 is 0. The van der Waals surface area contributed by atoms with Crippen LogP contribution in [0.3, 0.4) is 0 Å².